The second-order valence-corrected chi connectivity index (χ2v) is 6.62. The van der Waals surface area contributed by atoms with E-state index >= 15 is 0 Å². The molecule has 26 heavy (non-hydrogen) atoms. The van der Waals surface area contributed by atoms with Gasteiger partial charge in [0, 0.05) is 29.8 Å². The van der Waals surface area contributed by atoms with Gasteiger partial charge < -0.3 is 14.8 Å². The number of nitrogens with zero attached hydrogens (tertiary/aromatic N) is 2. The van der Waals surface area contributed by atoms with E-state index in [-0.39, 0.29) is 5.91 Å². The predicted octanol–water partition coefficient (Wildman–Crippen LogP) is 3.55. The van der Waals surface area contributed by atoms with Crippen LogP contribution in [0.4, 0.5) is 5.69 Å². The van der Waals surface area contributed by atoms with E-state index in [1.807, 2.05) is 35.7 Å². The van der Waals surface area contributed by atoms with Crippen LogP contribution in [0.15, 0.2) is 48.0 Å². The Balaban J connectivity index is 1.34. The number of pyridine rings is 1. The highest BCUT2D eigenvalue weighted by Crippen LogP contribution is 2.32. The maximum atomic E-state index is 12.2. The summed E-state index contributed by atoms with van der Waals surface area (Å²) < 4.78 is 11.0. The number of aromatic nitrogens is 2. The van der Waals surface area contributed by atoms with Crippen molar-refractivity contribution in [3.8, 4) is 22.2 Å². The van der Waals surface area contributed by atoms with Crippen LogP contribution in [0.5, 0.6) is 11.5 Å². The zero-order valence-electron chi connectivity index (χ0n) is 14.0. The van der Waals surface area contributed by atoms with Gasteiger partial charge in [0.15, 0.2) is 11.5 Å². The minimum atomic E-state index is -0.0611. The van der Waals surface area contributed by atoms with Gasteiger partial charge in [-0.15, -0.1) is 11.3 Å². The largest absolute Gasteiger partial charge is 0.486 e. The minimum absolute atomic E-state index is 0.0611. The summed E-state index contributed by atoms with van der Waals surface area (Å²) in [7, 11) is 0. The van der Waals surface area contributed by atoms with Gasteiger partial charge in [-0.3, -0.25) is 9.78 Å². The number of amides is 1. The fraction of sp³-hybridized carbons (Fsp3) is 0.211. The van der Waals surface area contributed by atoms with Crippen molar-refractivity contribution in [3.05, 3.63) is 53.7 Å². The summed E-state index contributed by atoms with van der Waals surface area (Å²) in [6.07, 6.45) is 2.69. The maximum Gasteiger partial charge on any atom is 0.224 e. The molecule has 2 aromatic heterocycles. The summed E-state index contributed by atoms with van der Waals surface area (Å²) in [5.41, 5.74) is 2.45. The summed E-state index contributed by atoms with van der Waals surface area (Å²) in [4.78, 5) is 21.1. The first-order valence-electron chi connectivity index (χ1n) is 8.33. The number of carbonyl (C=O) groups excluding carboxylic acids is 1. The van der Waals surface area contributed by atoms with E-state index in [9.17, 15) is 4.79 Å². The maximum absolute atomic E-state index is 12.2. The third-order valence-electron chi connectivity index (χ3n) is 3.87. The van der Waals surface area contributed by atoms with Gasteiger partial charge >= 0.3 is 0 Å². The number of hydrogen-bond acceptors (Lipinski definition) is 6. The van der Waals surface area contributed by atoms with Crippen LogP contribution >= 0.6 is 11.3 Å². The minimum Gasteiger partial charge on any atom is -0.486 e. The highest BCUT2D eigenvalue weighted by Gasteiger charge is 2.13. The van der Waals surface area contributed by atoms with Crippen LogP contribution in [0.3, 0.4) is 0 Å². The molecule has 0 radical (unpaired) electrons. The van der Waals surface area contributed by atoms with Crippen LogP contribution in [0.1, 0.15) is 12.1 Å². The van der Waals surface area contributed by atoms with E-state index in [1.165, 1.54) is 11.3 Å². The van der Waals surface area contributed by atoms with Crippen molar-refractivity contribution in [2.75, 3.05) is 18.5 Å². The molecule has 6 nitrogen and oxygen atoms in total. The summed E-state index contributed by atoms with van der Waals surface area (Å²) in [5, 5.41) is 5.73. The Labute approximate surface area is 154 Å². The molecule has 1 aromatic carbocycles. The molecule has 0 bridgehead atoms. The molecule has 0 spiro atoms. The van der Waals surface area contributed by atoms with Crippen LogP contribution in [-0.2, 0) is 11.2 Å². The van der Waals surface area contributed by atoms with Crippen molar-refractivity contribution in [2.45, 2.75) is 12.8 Å². The molecule has 4 rings (SSSR count). The van der Waals surface area contributed by atoms with Gasteiger partial charge in [-0.25, -0.2) is 4.98 Å². The van der Waals surface area contributed by atoms with E-state index in [0.717, 1.165) is 16.4 Å². The average Bonchev–Trinajstić information content (AvgIpc) is 3.16. The number of anilines is 1. The fourth-order valence-electron chi connectivity index (χ4n) is 2.61. The lowest BCUT2D eigenvalue weighted by molar-refractivity contribution is -0.116. The van der Waals surface area contributed by atoms with Crippen LogP contribution < -0.4 is 14.8 Å². The highest BCUT2D eigenvalue weighted by molar-refractivity contribution is 7.13. The number of thiazole rings is 1. The van der Waals surface area contributed by atoms with Gasteiger partial charge in [0.05, 0.1) is 11.4 Å². The highest BCUT2D eigenvalue weighted by atomic mass is 32.1. The lowest BCUT2D eigenvalue weighted by atomic mass is 10.2. The van der Waals surface area contributed by atoms with E-state index in [4.69, 9.17) is 9.47 Å². The first-order chi connectivity index (χ1) is 12.8. The number of nitrogens with one attached hydrogen (secondary N) is 1. The van der Waals surface area contributed by atoms with Gasteiger partial charge in [-0.05, 0) is 30.7 Å². The number of ether oxygens (including phenoxy) is 2. The smallest absolute Gasteiger partial charge is 0.224 e. The molecule has 1 amide bonds. The number of carbonyl (C=O) groups is 1. The molecule has 0 saturated heterocycles. The van der Waals surface area contributed by atoms with Crippen molar-refractivity contribution >= 4 is 22.9 Å². The number of hydrogen-bond donors (Lipinski definition) is 1. The Hall–Kier alpha value is -2.93. The number of rotatable bonds is 5. The van der Waals surface area contributed by atoms with Crippen molar-refractivity contribution in [3.63, 3.8) is 0 Å². The molecular formula is C19H17N3O3S. The summed E-state index contributed by atoms with van der Waals surface area (Å²) in [5.74, 6) is 1.31. The van der Waals surface area contributed by atoms with Crippen LogP contribution in [0, 0.1) is 0 Å². The molecule has 3 heterocycles. The van der Waals surface area contributed by atoms with E-state index in [0.29, 0.717) is 43.2 Å². The van der Waals surface area contributed by atoms with Crippen LogP contribution in [0.25, 0.3) is 10.7 Å². The second kappa shape index (κ2) is 7.53. The van der Waals surface area contributed by atoms with E-state index < -0.39 is 0 Å². The summed E-state index contributed by atoms with van der Waals surface area (Å²) >= 11 is 1.54. The molecule has 1 aliphatic heterocycles. The second-order valence-electron chi connectivity index (χ2n) is 5.77. The fourth-order valence-corrected chi connectivity index (χ4v) is 3.44. The molecule has 3 aromatic rings. The molecule has 7 heteroatoms. The molecular weight excluding hydrogens is 350 g/mol. The molecule has 1 aliphatic rings. The summed E-state index contributed by atoms with van der Waals surface area (Å²) in [6, 6.07) is 11.1. The van der Waals surface area contributed by atoms with Gasteiger partial charge in [0.1, 0.15) is 18.2 Å². The zero-order chi connectivity index (χ0) is 17.8. The van der Waals surface area contributed by atoms with Crippen LogP contribution in [0.2, 0.25) is 0 Å². The monoisotopic (exact) mass is 367 g/mol. The predicted molar refractivity (Wildman–Crippen MR) is 99.7 cm³/mol. The Kier molecular flexibility index (Phi) is 4.79. The number of benzene rings is 1. The zero-order valence-corrected chi connectivity index (χ0v) is 14.8. The topological polar surface area (TPSA) is 73.3 Å². The van der Waals surface area contributed by atoms with Crippen LogP contribution in [-0.4, -0.2) is 29.1 Å². The first-order valence-corrected chi connectivity index (χ1v) is 9.21. The molecule has 0 unspecified atom stereocenters. The van der Waals surface area contributed by atoms with Crippen molar-refractivity contribution < 1.29 is 14.3 Å². The normalized spacial score (nSPS) is 12.6. The lowest BCUT2D eigenvalue weighted by Gasteiger charge is -2.19. The number of fused-ring (bicyclic) bond motifs is 1. The molecule has 0 atom stereocenters. The third-order valence-corrected chi connectivity index (χ3v) is 4.78. The first kappa shape index (κ1) is 16.5. The van der Waals surface area contributed by atoms with E-state index in [2.05, 4.69) is 15.3 Å². The molecule has 0 aliphatic carbocycles. The SMILES string of the molecule is O=C(CCc1csc(-c2ccccn2)n1)Nc1ccc2c(c1)OCCO2. The van der Waals surface area contributed by atoms with Crippen molar-refractivity contribution in [1.29, 1.82) is 0 Å². The Morgan fingerprint density at radius 3 is 2.88 bits per heavy atom. The van der Waals surface area contributed by atoms with Gasteiger partial charge in [-0.1, -0.05) is 6.07 Å². The van der Waals surface area contributed by atoms with E-state index in [1.54, 1.807) is 12.3 Å². The Bertz CT molecular complexity index is 911. The van der Waals surface area contributed by atoms with Crippen molar-refractivity contribution in [1.82, 2.24) is 9.97 Å². The molecule has 0 saturated carbocycles. The molecule has 0 fully saturated rings. The average molecular weight is 367 g/mol. The quantitative estimate of drug-likeness (QED) is 0.747. The number of aryl methyl sites for hydroxylation is 1. The Morgan fingerprint density at radius 1 is 1.15 bits per heavy atom. The molecule has 1 N–H and O–H groups in total. The standard InChI is InChI=1S/C19H17N3O3S/c23-18(21-13-4-6-16-17(11-13)25-10-9-24-16)7-5-14-12-26-19(22-14)15-3-1-2-8-20-15/h1-4,6,8,11-12H,5,7,9-10H2,(H,21,23). The molecule has 132 valence electrons. The third kappa shape index (κ3) is 3.83. The lowest BCUT2D eigenvalue weighted by Crippen LogP contribution is -2.16. The van der Waals surface area contributed by atoms with Gasteiger partial charge in [0.2, 0.25) is 5.91 Å². The Morgan fingerprint density at radius 2 is 2.04 bits per heavy atom. The van der Waals surface area contributed by atoms with Gasteiger partial charge in [-0.2, -0.15) is 0 Å². The summed E-state index contributed by atoms with van der Waals surface area (Å²) in [6.45, 7) is 1.07. The van der Waals surface area contributed by atoms with Crippen molar-refractivity contribution in [2.24, 2.45) is 0 Å². The van der Waals surface area contributed by atoms with Gasteiger partial charge in [0.25, 0.3) is 0 Å².